The number of halogens is 4. The van der Waals surface area contributed by atoms with E-state index in [1.54, 1.807) is 12.1 Å². The molecule has 0 aromatic carbocycles. The molecule has 3 aromatic rings. The summed E-state index contributed by atoms with van der Waals surface area (Å²) in [7, 11) is 1.38. The van der Waals surface area contributed by atoms with Crippen LogP contribution >= 0.6 is 0 Å². The summed E-state index contributed by atoms with van der Waals surface area (Å²) in [6, 6.07) is 6.30. The van der Waals surface area contributed by atoms with Gasteiger partial charge in [0, 0.05) is 11.8 Å². The second-order valence-corrected chi connectivity index (χ2v) is 5.05. The van der Waals surface area contributed by atoms with Gasteiger partial charge in [0.2, 0.25) is 11.8 Å². The van der Waals surface area contributed by atoms with Crippen molar-refractivity contribution in [3.63, 3.8) is 0 Å². The maximum absolute atomic E-state index is 13.6. The van der Waals surface area contributed by atoms with Gasteiger partial charge in [0.15, 0.2) is 0 Å². The van der Waals surface area contributed by atoms with Crippen LogP contribution in [-0.4, -0.2) is 22.1 Å². The summed E-state index contributed by atoms with van der Waals surface area (Å²) in [5, 5.41) is 0. The van der Waals surface area contributed by atoms with Gasteiger partial charge in [-0.05, 0) is 30.3 Å². The summed E-state index contributed by atoms with van der Waals surface area (Å²) >= 11 is 0. The van der Waals surface area contributed by atoms with Crippen LogP contribution in [0.4, 0.5) is 17.6 Å². The van der Waals surface area contributed by atoms with Crippen LogP contribution in [0.1, 0.15) is 5.69 Å². The Bertz CT molecular complexity index is 915. The second kappa shape index (κ2) is 6.95. The fourth-order valence-corrected chi connectivity index (χ4v) is 2.18. The molecule has 26 heavy (non-hydrogen) atoms. The van der Waals surface area contributed by atoms with E-state index >= 15 is 0 Å². The first-order valence-electron chi connectivity index (χ1n) is 7.24. The van der Waals surface area contributed by atoms with Crippen LogP contribution in [0.5, 0.6) is 17.5 Å². The predicted molar refractivity (Wildman–Crippen MR) is 83.3 cm³/mol. The van der Waals surface area contributed by atoms with Gasteiger partial charge in [0.1, 0.15) is 17.3 Å². The Kier molecular flexibility index (Phi) is 4.70. The molecule has 134 valence electrons. The van der Waals surface area contributed by atoms with Gasteiger partial charge in [-0.15, -0.1) is 0 Å². The van der Waals surface area contributed by atoms with Gasteiger partial charge in [-0.2, -0.15) is 13.2 Å². The lowest BCUT2D eigenvalue weighted by Crippen LogP contribution is -2.07. The van der Waals surface area contributed by atoms with Crippen LogP contribution in [0.25, 0.3) is 11.1 Å². The summed E-state index contributed by atoms with van der Waals surface area (Å²) in [4.78, 5) is 11.2. The van der Waals surface area contributed by atoms with Gasteiger partial charge < -0.3 is 9.47 Å². The van der Waals surface area contributed by atoms with E-state index in [-0.39, 0.29) is 23.1 Å². The maximum Gasteiger partial charge on any atom is 0.433 e. The Morgan fingerprint density at radius 3 is 2.38 bits per heavy atom. The number of hydrogen-bond donors (Lipinski definition) is 0. The third-order valence-electron chi connectivity index (χ3n) is 3.31. The largest absolute Gasteiger partial charge is 0.481 e. The molecule has 3 aromatic heterocycles. The minimum absolute atomic E-state index is 0.0414. The fraction of sp³-hybridized carbons (Fsp3) is 0.118. The highest BCUT2D eigenvalue weighted by Crippen LogP contribution is 2.36. The van der Waals surface area contributed by atoms with Crippen molar-refractivity contribution in [2.24, 2.45) is 0 Å². The van der Waals surface area contributed by atoms with Gasteiger partial charge in [-0.1, -0.05) is 0 Å². The quantitative estimate of drug-likeness (QED) is 0.638. The third kappa shape index (κ3) is 3.71. The van der Waals surface area contributed by atoms with E-state index in [0.29, 0.717) is 5.56 Å². The number of rotatable bonds is 4. The lowest BCUT2D eigenvalue weighted by atomic mass is 10.1. The molecule has 0 aliphatic heterocycles. The highest BCUT2D eigenvalue weighted by molar-refractivity contribution is 5.73. The van der Waals surface area contributed by atoms with E-state index < -0.39 is 17.7 Å². The first kappa shape index (κ1) is 17.6. The van der Waals surface area contributed by atoms with Crippen LogP contribution in [-0.2, 0) is 6.18 Å². The molecule has 3 rings (SSSR count). The molecule has 0 fully saturated rings. The zero-order chi connectivity index (χ0) is 18.7. The molecule has 0 saturated carbocycles. The third-order valence-corrected chi connectivity index (χ3v) is 3.31. The molecule has 0 N–H and O–H groups in total. The molecule has 0 saturated heterocycles. The van der Waals surface area contributed by atoms with Crippen molar-refractivity contribution in [1.82, 2.24) is 15.0 Å². The summed E-state index contributed by atoms with van der Waals surface area (Å²) in [6.45, 7) is 0. The smallest absolute Gasteiger partial charge is 0.433 e. The van der Waals surface area contributed by atoms with Crippen molar-refractivity contribution in [2.45, 2.75) is 6.18 Å². The summed E-state index contributed by atoms with van der Waals surface area (Å²) in [5.74, 6) is -0.359. The molecule has 0 aliphatic carbocycles. The Morgan fingerprint density at radius 2 is 1.73 bits per heavy atom. The van der Waals surface area contributed by atoms with Crippen molar-refractivity contribution in [2.75, 3.05) is 7.11 Å². The zero-order valence-electron chi connectivity index (χ0n) is 13.3. The standard InChI is InChI=1S/C17H11F4N3O2/c1-25-15-13(7-10(18)8-24-15)12-3-2-6-22-16(12)26-11-4-5-14(23-9-11)17(19,20)21/h2-9H,1H3. The van der Waals surface area contributed by atoms with Gasteiger partial charge in [-0.3, -0.25) is 0 Å². The maximum atomic E-state index is 13.6. The normalized spacial score (nSPS) is 11.3. The summed E-state index contributed by atoms with van der Waals surface area (Å²) < 4.78 is 62.0. The molecule has 0 spiro atoms. The van der Waals surface area contributed by atoms with E-state index in [2.05, 4.69) is 15.0 Å². The van der Waals surface area contributed by atoms with Crippen molar-refractivity contribution < 1.29 is 27.0 Å². The van der Waals surface area contributed by atoms with E-state index in [1.807, 2.05) is 0 Å². The van der Waals surface area contributed by atoms with Crippen LogP contribution < -0.4 is 9.47 Å². The van der Waals surface area contributed by atoms with Gasteiger partial charge in [0.05, 0.1) is 25.1 Å². The van der Waals surface area contributed by atoms with E-state index in [0.717, 1.165) is 24.5 Å². The minimum Gasteiger partial charge on any atom is -0.481 e. The molecule has 0 radical (unpaired) electrons. The van der Waals surface area contributed by atoms with Gasteiger partial charge >= 0.3 is 6.18 Å². The van der Waals surface area contributed by atoms with Crippen LogP contribution in [0.2, 0.25) is 0 Å². The minimum atomic E-state index is -4.55. The number of pyridine rings is 3. The first-order valence-corrected chi connectivity index (χ1v) is 7.24. The Labute approximate surface area is 145 Å². The monoisotopic (exact) mass is 365 g/mol. The van der Waals surface area contributed by atoms with Gasteiger partial charge in [0.25, 0.3) is 0 Å². The van der Waals surface area contributed by atoms with Crippen molar-refractivity contribution in [3.8, 4) is 28.6 Å². The highest BCUT2D eigenvalue weighted by Gasteiger charge is 2.32. The van der Waals surface area contributed by atoms with E-state index in [9.17, 15) is 17.6 Å². The highest BCUT2D eigenvalue weighted by atomic mass is 19.4. The number of aromatic nitrogens is 3. The summed E-state index contributed by atoms with van der Waals surface area (Å²) in [6.07, 6.45) is -1.19. The number of methoxy groups -OCH3 is 1. The molecule has 0 bridgehead atoms. The van der Waals surface area contributed by atoms with Gasteiger partial charge in [-0.25, -0.2) is 19.3 Å². The molecule has 3 heterocycles. The topological polar surface area (TPSA) is 57.1 Å². The van der Waals surface area contributed by atoms with Crippen LogP contribution in [0.15, 0.2) is 48.9 Å². The van der Waals surface area contributed by atoms with Crippen molar-refractivity contribution in [3.05, 3.63) is 60.4 Å². The molecular formula is C17H11F4N3O2. The number of hydrogen-bond acceptors (Lipinski definition) is 5. The van der Waals surface area contributed by atoms with Crippen molar-refractivity contribution >= 4 is 0 Å². The first-order chi connectivity index (χ1) is 12.4. The van der Waals surface area contributed by atoms with Crippen LogP contribution in [0, 0.1) is 5.82 Å². The molecule has 0 amide bonds. The van der Waals surface area contributed by atoms with Crippen LogP contribution in [0.3, 0.4) is 0 Å². The molecule has 9 heteroatoms. The van der Waals surface area contributed by atoms with E-state index in [4.69, 9.17) is 9.47 Å². The Balaban J connectivity index is 1.97. The molecule has 5 nitrogen and oxygen atoms in total. The fourth-order valence-electron chi connectivity index (χ4n) is 2.18. The predicted octanol–water partition coefficient (Wildman–Crippen LogP) is 4.50. The molecular weight excluding hydrogens is 354 g/mol. The average molecular weight is 365 g/mol. The lowest BCUT2D eigenvalue weighted by molar-refractivity contribution is -0.141. The second-order valence-electron chi connectivity index (χ2n) is 5.05. The van der Waals surface area contributed by atoms with Crippen molar-refractivity contribution in [1.29, 1.82) is 0 Å². The number of alkyl halides is 3. The Morgan fingerprint density at radius 1 is 0.923 bits per heavy atom. The molecule has 0 aliphatic rings. The van der Waals surface area contributed by atoms with E-state index in [1.165, 1.54) is 19.4 Å². The molecule has 0 atom stereocenters. The lowest BCUT2D eigenvalue weighted by Gasteiger charge is -2.12. The summed E-state index contributed by atoms with van der Waals surface area (Å²) in [5.41, 5.74) is -0.395. The zero-order valence-corrected chi connectivity index (χ0v) is 13.3. The SMILES string of the molecule is COc1ncc(F)cc1-c1cccnc1Oc1ccc(C(F)(F)F)nc1. The molecule has 0 unspecified atom stereocenters. The average Bonchev–Trinajstić information content (AvgIpc) is 2.62. The number of nitrogens with zero attached hydrogens (tertiary/aromatic N) is 3. The Hall–Kier alpha value is -3.23. The number of ether oxygens (including phenoxy) is 2.